The van der Waals surface area contributed by atoms with Crippen LogP contribution in [0.5, 0.6) is 0 Å². The fraction of sp³-hybridized carbons (Fsp3) is 0.208. The van der Waals surface area contributed by atoms with Crippen LogP contribution in [0, 0.1) is 13.8 Å². The summed E-state index contributed by atoms with van der Waals surface area (Å²) in [4.78, 5) is 0. The van der Waals surface area contributed by atoms with Gasteiger partial charge in [0.1, 0.15) is 0 Å². The summed E-state index contributed by atoms with van der Waals surface area (Å²) in [5, 5.41) is 7.44. The van der Waals surface area contributed by atoms with Gasteiger partial charge < -0.3 is 10.6 Å². The third-order valence-corrected chi connectivity index (χ3v) is 4.98. The molecule has 3 aromatic carbocycles. The maximum atomic E-state index is 5.62. The molecule has 0 unspecified atom stereocenters. The molecule has 0 spiro atoms. The number of rotatable bonds is 5. The van der Waals surface area contributed by atoms with Crippen LogP contribution in [0.4, 0.5) is 5.69 Å². The first-order valence-corrected chi connectivity index (χ1v) is 9.76. The number of hydrogen-bond donors (Lipinski definition) is 2. The summed E-state index contributed by atoms with van der Waals surface area (Å²) in [6, 6.07) is 25.4. The fourth-order valence-electron chi connectivity index (χ4n) is 3.26. The van der Waals surface area contributed by atoms with Crippen molar-refractivity contribution < 1.29 is 0 Å². The van der Waals surface area contributed by atoms with E-state index < -0.39 is 0 Å². The van der Waals surface area contributed by atoms with Crippen molar-refractivity contribution in [3.63, 3.8) is 0 Å². The normalized spacial score (nSPS) is 11.7. The maximum Gasteiger partial charge on any atom is 0.171 e. The molecule has 3 rings (SSSR count). The Bertz CT molecular complexity index is 901. The van der Waals surface area contributed by atoms with Gasteiger partial charge in [0.2, 0.25) is 0 Å². The van der Waals surface area contributed by atoms with E-state index in [9.17, 15) is 0 Å². The van der Waals surface area contributed by atoms with Gasteiger partial charge >= 0.3 is 0 Å². The van der Waals surface area contributed by atoms with Crippen molar-refractivity contribution in [2.24, 2.45) is 0 Å². The van der Waals surface area contributed by atoms with Crippen LogP contribution in [-0.4, -0.2) is 5.11 Å². The molecule has 3 heteroatoms. The van der Waals surface area contributed by atoms with Gasteiger partial charge in [0.25, 0.3) is 0 Å². The average Bonchev–Trinajstić information content (AvgIpc) is 2.68. The molecule has 0 saturated carbocycles. The molecule has 0 amide bonds. The first kappa shape index (κ1) is 19.1. The predicted octanol–water partition coefficient (Wildman–Crippen LogP) is 5.94. The third-order valence-electron chi connectivity index (χ3n) is 4.76. The molecule has 2 N–H and O–H groups in total. The van der Waals surface area contributed by atoms with Crippen LogP contribution in [0.15, 0.2) is 72.8 Å². The standard InChI is InChI=1S/C24H26N2S/c1-4-19-11-13-21(14-12-19)25-24(27)26-23(20-8-6-5-7-9-20)22-15-10-17(2)16-18(22)3/h5-16,23H,4H2,1-3H3,(H2,25,26,27)/t23-/m0/s1. The highest BCUT2D eigenvalue weighted by Crippen LogP contribution is 2.26. The lowest BCUT2D eigenvalue weighted by Crippen LogP contribution is -2.33. The van der Waals surface area contributed by atoms with Crippen LogP contribution in [0.3, 0.4) is 0 Å². The second kappa shape index (κ2) is 8.83. The number of benzene rings is 3. The number of anilines is 1. The van der Waals surface area contributed by atoms with Gasteiger partial charge in [-0.1, -0.05) is 73.2 Å². The van der Waals surface area contributed by atoms with E-state index >= 15 is 0 Å². The van der Waals surface area contributed by atoms with Gasteiger partial charge in [-0.25, -0.2) is 0 Å². The molecule has 0 aliphatic rings. The summed E-state index contributed by atoms with van der Waals surface area (Å²) in [5.74, 6) is 0. The van der Waals surface area contributed by atoms with Gasteiger partial charge in [0.05, 0.1) is 6.04 Å². The van der Waals surface area contributed by atoms with Crippen LogP contribution in [-0.2, 0) is 6.42 Å². The van der Waals surface area contributed by atoms with Gasteiger partial charge in [0.15, 0.2) is 5.11 Å². The minimum Gasteiger partial charge on any atom is -0.352 e. The zero-order valence-electron chi connectivity index (χ0n) is 16.1. The Balaban J connectivity index is 1.83. The smallest absolute Gasteiger partial charge is 0.171 e. The van der Waals surface area contributed by atoms with Gasteiger partial charge in [-0.05, 0) is 66.9 Å². The highest BCUT2D eigenvalue weighted by atomic mass is 32.1. The Labute approximate surface area is 167 Å². The van der Waals surface area contributed by atoms with E-state index in [4.69, 9.17) is 12.2 Å². The van der Waals surface area contributed by atoms with E-state index in [2.05, 4.69) is 98.1 Å². The molecule has 138 valence electrons. The van der Waals surface area contributed by atoms with Crippen LogP contribution in [0.25, 0.3) is 0 Å². The van der Waals surface area contributed by atoms with E-state index in [1.165, 1.54) is 27.8 Å². The van der Waals surface area contributed by atoms with E-state index in [0.29, 0.717) is 5.11 Å². The lowest BCUT2D eigenvalue weighted by atomic mass is 9.94. The molecular formula is C24H26N2S. The molecule has 0 aliphatic heterocycles. The Hall–Kier alpha value is -2.65. The zero-order chi connectivity index (χ0) is 19.2. The molecule has 3 aromatic rings. The summed E-state index contributed by atoms with van der Waals surface area (Å²) in [6.45, 7) is 6.43. The topological polar surface area (TPSA) is 24.1 Å². The number of hydrogen-bond acceptors (Lipinski definition) is 1. The molecule has 0 aliphatic carbocycles. The van der Waals surface area contributed by atoms with E-state index in [-0.39, 0.29) is 6.04 Å². The van der Waals surface area contributed by atoms with Crippen molar-refractivity contribution >= 4 is 23.0 Å². The van der Waals surface area contributed by atoms with Crippen LogP contribution in [0.1, 0.15) is 40.8 Å². The molecule has 27 heavy (non-hydrogen) atoms. The molecule has 1 atom stereocenters. The number of aryl methyl sites for hydroxylation is 3. The number of thiocarbonyl (C=S) groups is 1. The Morgan fingerprint density at radius 2 is 1.63 bits per heavy atom. The van der Waals surface area contributed by atoms with E-state index in [1.807, 2.05) is 6.07 Å². The monoisotopic (exact) mass is 374 g/mol. The summed E-state index contributed by atoms with van der Waals surface area (Å²) in [5.41, 5.74) is 7.26. The summed E-state index contributed by atoms with van der Waals surface area (Å²) < 4.78 is 0. The van der Waals surface area contributed by atoms with Crippen molar-refractivity contribution in [3.8, 4) is 0 Å². The molecule has 0 radical (unpaired) electrons. The van der Waals surface area contributed by atoms with Crippen molar-refractivity contribution in [1.29, 1.82) is 0 Å². The lowest BCUT2D eigenvalue weighted by molar-refractivity contribution is 0.762. The quantitative estimate of drug-likeness (QED) is 0.540. The largest absolute Gasteiger partial charge is 0.352 e. The molecule has 0 aromatic heterocycles. The van der Waals surface area contributed by atoms with Crippen molar-refractivity contribution in [3.05, 3.63) is 101 Å². The number of nitrogens with one attached hydrogen (secondary N) is 2. The zero-order valence-corrected chi connectivity index (χ0v) is 16.9. The van der Waals surface area contributed by atoms with Gasteiger partial charge in [-0.15, -0.1) is 0 Å². The van der Waals surface area contributed by atoms with E-state index in [0.717, 1.165) is 12.1 Å². The van der Waals surface area contributed by atoms with Gasteiger partial charge in [-0.3, -0.25) is 0 Å². The summed E-state index contributed by atoms with van der Waals surface area (Å²) in [7, 11) is 0. The molecular weight excluding hydrogens is 348 g/mol. The van der Waals surface area contributed by atoms with E-state index in [1.54, 1.807) is 0 Å². The summed E-state index contributed by atoms with van der Waals surface area (Å²) in [6.07, 6.45) is 1.03. The fourth-order valence-corrected chi connectivity index (χ4v) is 3.49. The molecule has 2 nitrogen and oxygen atoms in total. The Morgan fingerprint density at radius 3 is 2.26 bits per heavy atom. The highest BCUT2D eigenvalue weighted by Gasteiger charge is 2.17. The molecule has 0 bridgehead atoms. The minimum atomic E-state index is 0.00159. The SMILES string of the molecule is CCc1ccc(NC(=S)N[C@@H](c2ccccc2)c2ccc(C)cc2C)cc1. The molecule has 0 heterocycles. The lowest BCUT2D eigenvalue weighted by Gasteiger charge is -2.24. The molecule has 0 fully saturated rings. The van der Waals surface area contributed by atoms with Gasteiger partial charge in [0, 0.05) is 5.69 Å². The second-order valence-electron chi connectivity index (χ2n) is 6.85. The predicted molar refractivity (Wildman–Crippen MR) is 119 cm³/mol. The maximum absolute atomic E-state index is 5.62. The summed E-state index contributed by atoms with van der Waals surface area (Å²) >= 11 is 5.62. The highest BCUT2D eigenvalue weighted by molar-refractivity contribution is 7.80. The Morgan fingerprint density at radius 1 is 0.926 bits per heavy atom. The van der Waals surface area contributed by atoms with Crippen LogP contribution in [0.2, 0.25) is 0 Å². The van der Waals surface area contributed by atoms with Crippen LogP contribution >= 0.6 is 12.2 Å². The van der Waals surface area contributed by atoms with Gasteiger partial charge in [-0.2, -0.15) is 0 Å². The first-order valence-electron chi connectivity index (χ1n) is 9.35. The third kappa shape index (κ3) is 4.95. The van der Waals surface area contributed by atoms with Crippen molar-refractivity contribution in [2.45, 2.75) is 33.2 Å². The average molecular weight is 375 g/mol. The first-order chi connectivity index (χ1) is 13.1. The van der Waals surface area contributed by atoms with Crippen molar-refractivity contribution in [2.75, 3.05) is 5.32 Å². The van der Waals surface area contributed by atoms with Crippen LogP contribution < -0.4 is 10.6 Å². The van der Waals surface area contributed by atoms with Crippen molar-refractivity contribution in [1.82, 2.24) is 5.32 Å². The molecule has 0 saturated heterocycles. The second-order valence-corrected chi connectivity index (χ2v) is 7.26. The minimum absolute atomic E-state index is 0.00159. The Kier molecular flexibility index (Phi) is 6.25.